The Kier molecular flexibility index (Phi) is 3.15. The largest absolute Gasteiger partial charge is 0.297 e. The molecule has 112 valence electrons. The first-order valence-electron chi connectivity index (χ1n) is 7.53. The number of hydrogen-bond acceptors (Lipinski definition) is 3. The molecule has 0 aliphatic carbocycles. The second-order valence-corrected chi connectivity index (χ2v) is 5.77. The van der Waals surface area contributed by atoms with Crippen molar-refractivity contribution in [1.82, 2.24) is 19.4 Å². The maximum absolute atomic E-state index is 13.7. The van der Waals surface area contributed by atoms with Crippen LogP contribution >= 0.6 is 0 Å². The summed E-state index contributed by atoms with van der Waals surface area (Å²) in [5.41, 5.74) is 2.40. The number of hydrogen-bond donors (Lipinski definition) is 0. The number of aromatic nitrogens is 3. The predicted molar refractivity (Wildman–Crippen MR) is 83.4 cm³/mol. The first-order valence-corrected chi connectivity index (χ1v) is 7.53. The van der Waals surface area contributed by atoms with E-state index in [0.29, 0.717) is 0 Å². The molecule has 1 saturated heterocycles. The lowest BCUT2D eigenvalue weighted by molar-refractivity contribution is 0.304. The molecular formula is C17H17FN4. The van der Waals surface area contributed by atoms with Gasteiger partial charge in [0.25, 0.3) is 0 Å². The predicted octanol–water partition coefficient (Wildman–Crippen LogP) is 3.33. The molecule has 1 unspecified atom stereocenters. The van der Waals surface area contributed by atoms with Crippen LogP contribution in [0.5, 0.6) is 0 Å². The summed E-state index contributed by atoms with van der Waals surface area (Å²) >= 11 is 0. The lowest BCUT2D eigenvalue weighted by Gasteiger charge is -2.20. The van der Waals surface area contributed by atoms with E-state index in [1.807, 2.05) is 22.8 Å². The molecule has 5 heteroatoms. The van der Waals surface area contributed by atoms with Gasteiger partial charge in [-0.1, -0.05) is 6.07 Å². The Bertz CT molecular complexity index is 826. The van der Waals surface area contributed by atoms with Gasteiger partial charge in [-0.25, -0.2) is 14.4 Å². The molecule has 22 heavy (non-hydrogen) atoms. The third-order valence-corrected chi connectivity index (χ3v) is 4.33. The first-order chi connectivity index (χ1) is 10.7. The Morgan fingerprint density at radius 1 is 1.23 bits per heavy atom. The summed E-state index contributed by atoms with van der Waals surface area (Å²) in [7, 11) is 2.11. The third-order valence-electron chi connectivity index (χ3n) is 4.33. The topological polar surface area (TPSA) is 34.0 Å². The highest BCUT2D eigenvalue weighted by Gasteiger charge is 2.28. The van der Waals surface area contributed by atoms with Crippen molar-refractivity contribution in [3.63, 3.8) is 0 Å². The normalized spacial score (nSPS) is 19.1. The lowest BCUT2D eigenvalue weighted by Crippen LogP contribution is -2.21. The van der Waals surface area contributed by atoms with E-state index in [9.17, 15) is 4.39 Å². The number of imidazole rings is 1. The smallest absolute Gasteiger partial charge is 0.164 e. The molecule has 1 aromatic carbocycles. The monoisotopic (exact) mass is 296 g/mol. The van der Waals surface area contributed by atoms with E-state index in [2.05, 4.69) is 16.9 Å². The second-order valence-electron chi connectivity index (χ2n) is 5.77. The summed E-state index contributed by atoms with van der Waals surface area (Å²) in [6.07, 6.45) is 3.97. The van der Waals surface area contributed by atoms with Gasteiger partial charge < -0.3 is 0 Å². The Morgan fingerprint density at radius 2 is 2.14 bits per heavy atom. The molecule has 1 aliphatic rings. The lowest BCUT2D eigenvalue weighted by atomic mass is 10.2. The molecule has 0 N–H and O–H groups in total. The van der Waals surface area contributed by atoms with Crippen molar-refractivity contribution in [2.75, 3.05) is 13.6 Å². The number of nitrogens with zero attached hydrogens (tertiary/aromatic N) is 4. The molecule has 1 atom stereocenters. The third kappa shape index (κ3) is 2.09. The Balaban J connectivity index is 1.98. The van der Waals surface area contributed by atoms with Gasteiger partial charge in [-0.3, -0.25) is 9.47 Å². The van der Waals surface area contributed by atoms with Gasteiger partial charge >= 0.3 is 0 Å². The molecule has 2 aromatic heterocycles. The van der Waals surface area contributed by atoms with Gasteiger partial charge in [0.1, 0.15) is 17.2 Å². The number of rotatable bonds is 2. The fraction of sp³-hybridized carbons (Fsp3) is 0.294. The van der Waals surface area contributed by atoms with Gasteiger partial charge in [-0.2, -0.15) is 0 Å². The summed E-state index contributed by atoms with van der Waals surface area (Å²) in [5, 5.41) is 0. The number of fused-ring (bicyclic) bond motifs is 1. The fourth-order valence-electron chi connectivity index (χ4n) is 3.26. The van der Waals surface area contributed by atoms with Crippen LogP contribution in [0.25, 0.3) is 16.9 Å². The van der Waals surface area contributed by atoms with Gasteiger partial charge in [0.05, 0.1) is 11.7 Å². The number of halogens is 1. The Hall–Kier alpha value is -2.27. The van der Waals surface area contributed by atoms with Crippen molar-refractivity contribution >= 4 is 11.2 Å². The highest BCUT2D eigenvalue weighted by atomic mass is 19.1. The van der Waals surface area contributed by atoms with Crippen molar-refractivity contribution in [2.24, 2.45) is 0 Å². The fourth-order valence-corrected chi connectivity index (χ4v) is 3.26. The zero-order valence-corrected chi connectivity index (χ0v) is 12.4. The summed E-state index contributed by atoms with van der Waals surface area (Å²) < 4.78 is 15.7. The van der Waals surface area contributed by atoms with Gasteiger partial charge in [0, 0.05) is 6.20 Å². The van der Waals surface area contributed by atoms with Gasteiger partial charge in [0.2, 0.25) is 0 Å². The van der Waals surface area contributed by atoms with Crippen LogP contribution < -0.4 is 0 Å². The highest BCUT2D eigenvalue weighted by Crippen LogP contribution is 2.33. The average Bonchev–Trinajstić information content (AvgIpc) is 3.10. The molecule has 4 nitrogen and oxygen atoms in total. The molecule has 1 aliphatic heterocycles. The van der Waals surface area contributed by atoms with E-state index in [1.165, 1.54) is 12.1 Å². The molecule has 3 aromatic rings. The molecule has 0 radical (unpaired) electrons. The van der Waals surface area contributed by atoms with E-state index in [0.717, 1.165) is 42.1 Å². The van der Waals surface area contributed by atoms with Crippen LogP contribution in [-0.2, 0) is 0 Å². The summed E-state index contributed by atoms with van der Waals surface area (Å²) in [5.74, 6) is 0.695. The molecule has 0 saturated carbocycles. The minimum atomic E-state index is -0.249. The van der Waals surface area contributed by atoms with Crippen LogP contribution in [0.1, 0.15) is 24.7 Å². The van der Waals surface area contributed by atoms with Crippen molar-refractivity contribution in [2.45, 2.75) is 18.9 Å². The molecule has 0 spiro atoms. The molecule has 0 bridgehead atoms. The Labute approximate surface area is 128 Å². The maximum atomic E-state index is 13.7. The van der Waals surface area contributed by atoms with E-state index >= 15 is 0 Å². The highest BCUT2D eigenvalue weighted by molar-refractivity contribution is 5.74. The summed E-state index contributed by atoms with van der Waals surface area (Å²) in [6, 6.07) is 10.7. The SMILES string of the molecule is CN1CCCC1c1nc2cccnc2n1-c1cccc(F)c1. The number of pyridine rings is 1. The number of benzene rings is 1. The zero-order valence-electron chi connectivity index (χ0n) is 12.4. The van der Waals surface area contributed by atoms with Crippen molar-refractivity contribution in [3.05, 3.63) is 54.2 Å². The molecule has 0 amide bonds. The minimum Gasteiger partial charge on any atom is -0.297 e. The minimum absolute atomic E-state index is 0.248. The maximum Gasteiger partial charge on any atom is 0.164 e. The van der Waals surface area contributed by atoms with Crippen LogP contribution in [0.4, 0.5) is 4.39 Å². The van der Waals surface area contributed by atoms with E-state index in [-0.39, 0.29) is 11.9 Å². The van der Waals surface area contributed by atoms with E-state index in [1.54, 1.807) is 12.3 Å². The second kappa shape index (κ2) is 5.18. The van der Waals surface area contributed by atoms with Crippen LogP contribution in [0.3, 0.4) is 0 Å². The van der Waals surface area contributed by atoms with Crippen LogP contribution in [0.15, 0.2) is 42.6 Å². The molecular weight excluding hydrogens is 279 g/mol. The summed E-state index contributed by atoms with van der Waals surface area (Å²) in [6.45, 7) is 1.06. The van der Waals surface area contributed by atoms with Gasteiger partial charge in [0.15, 0.2) is 5.65 Å². The van der Waals surface area contributed by atoms with Crippen LogP contribution in [-0.4, -0.2) is 33.0 Å². The van der Waals surface area contributed by atoms with E-state index < -0.39 is 0 Å². The van der Waals surface area contributed by atoms with Crippen LogP contribution in [0, 0.1) is 5.82 Å². The summed E-state index contributed by atoms with van der Waals surface area (Å²) in [4.78, 5) is 11.6. The van der Waals surface area contributed by atoms with Crippen molar-refractivity contribution < 1.29 is 4.39 Å². The zero-order chi connectivity index (χ0) is 15.1. The average molecular weight is 296 g/mol. The first kappa shape index (κ1) is 13.4. The van der Waals surface area contributed by atoms with E-state index in [4.69, 9.17) is 4.98 Å². The standard InChI is InChI=1S/C17H17FN4/c1-21-10-4-8-15(21)17-20-14-7-3-9-19-16(14)22(17)13-6-2-5-12(18)11-13/h2-3,5-7,9,11,15H,4,8,10H2,1H3. The molecule has 1 fully saturated rings. The van der Waals surface area contributed by atoms with Gasteiger partial charge in [-0.15, -0.1) is 0 Å². The van der Waals surface area contributed by atoms with Crippen LogP contribution in [0.2, 0.25) is 0 Å². The quantitative estimate of drug-likeness (QED) is 0.727. The van der Waals surface area contributed by atoms with Crippen molar-refractivity contribution in [1.29, 1.82) is 0 Å². The van der Waals surface area contributed by atoms with Crippen molar-refractivity contribution in [3.8, 4) is 5.69 Å². The number of likely N-dealkylation sites (tertiary alicyclic amines) is 1. The van der Waals surface area contributed by atoms with Gasteiger partial charge in [-0.05, 0) is 56.8 Å². The Morgan fingerprint density at radius 3 is 2.91 bits per heavy atom. The molecule has 3 heterocycles. The molecule has 4 rings (SSSR count).